The number of benzene rings is 3. The van der Waals surface area contributed by atoms with E-state index in [2.05, 4.69) is 0 Å². The minimum Gasteiger partial charge on any atom is -0.202 e. The Morgan fingerprint density at radius 1 is 0.373 bits per heavy atom. The molecule has 0 heterocycles. The molecule has 0 N–H and O–H groups in total. The number of halogens is 17. The average molecular weight is 952 g/mol. The van der Waals surface area contributed by atoms with Gasteiger partial charge in [0.1, 0.15) is 12.1 Å². The van der Waals surface area contributed by atoms with E-state index in [4.69, 9.17) is 0 Å². The van der Waals surface area contributed by atoms with Crippen LogP contribution in [0.1, 0.15) is 97.3 Å². The predicted molar refractivity (Wildman–Crippen MR) is 184 cm³/mol. The molecule has 0 spiro atoms. The lowest BCUT2D eigenvalue weighted by Crippen LogP contribution is -2.33. The Balaban J connectivity index is 2.72. The minimum atomic E-state index is -6.33. The van der Waals surface area contributed by atoms with Crippen LogP contribution in [0.4, 0.5) is 74.6 Å². The summed E-state index contributed by atoms with van der Waals surface area (Å²) in [7, 11) is 0. The maximum absolute atomic E-state index is 15.6. The van der Waals surface area contributed by atoms with E-state index < -0.39 is 154 Å². The van der Waals surface area contributed by atoms with Crippen molar-refractivity contribution in [3.05, 3.63) is 113 Å². The fourth-order valence-corrected chi connectivity index (χ4v) is 7.65. The van der Waals surface area contributed by atoms with E-state index in [0.29, 0.717) is 6.07 Å². The van der Waals surface area contributed by atoms with E-state index in [1.165, 1.54) is 0 Å². The second-order valence-electron chi connectivity index (χ2n) is 13.9. The smallest absolute Gasteiger partial charge is 0.202 e. The standard InChI is InChI=1S/C41H10F17N9/c1-35(14-67,34-31(40(53,54)55)19(10-63)5-20(11-64)32(34)41(56,57)58)33-23(21(12-65)25-27(36(2,42)43)15(6-59)3-16(7-60)28(25)37(44,45)46)24(33)22(13-66)26-29(38(47,48)49)17(8-61)4-18(9-62)30(26)39(50,51)52/h3-5,33H,1-2H3/b23-21?,24-22+. The van der Waals surface area contributed by atoms with Crippen molar-refractivity contribution in [2.24, 2.45) is 5.92 Å². The van der Waals surface area contributed by atoms with Crippen LogP contribution in [-0.4, -0.2) is 0 Å². The molecule has 2 unspecified atom stereocenters. The number of allylic oxidation sites excluding steroid dienone is 4. The van der Waals surface area contributed by atoms with Crippen molar-refractivity contribution in [3.63, 3.8) is 0 Å². The second-order valence-corrected chi connectivity index (χ2v) is 13.9. The monoisotopic (exact) mass is 951 g/mol. The van der Waals surface area contributed by atoms with Gasteiger partial charge in [-0.15, -0.1) is 0 Å². The molecule has 0 amide bonds. The van der Waals surface area contributed by atoms with Crippen molar-refractivity contribution in [1.29, 1.82) is 47.4 Å². The number of nitriles is 9. The van der Waals surface area contributed by atoms with Gasteiger partial charge in [-0.25, -0.2) is 8.78 Å². The van der Waals surface area contributed by atoms with Gasteiger partial charge in [0.2, 0.25) is 0 Å². The Morgan fingerprint density at radius 3 is 0.821 bits per heavy atom. The first-order valence-corrected chi connectivity index (χ1v) is 17.1. The van der Waals surface area contributed by atoms with Gasteiger partial charge in [-0.3, -0.25) is 0 Å². The summed E-state index contributed by atoms with van der Waals surface area (Å²) in [4.78, 5) is 0. The van der Waals surface area contributed by atoms with Gasteiger partial charge in [-0.2, -0.15) is 113 Å². The summed E-state index contributed by atoms with van der Waals surface area (Å²) in [5, 5.41) is 89.8. The SMILES string of the molecule is CC(F)(F)c1c(C#N)cc(C#N)c(C(F)(F)F)c1C(C#N)=C1/C(=C(/C#N)c2c(C(F)(F)F)c(C#N)cc(C#N)c2C(F)(F)F)C1C(C)(C#N)c1c(C(F)(F)F)c(C#N)cc(C#N)c1C(F)(F)F. The first-order valence-electron chi connectivity index (χ1n) is 17.1. The number of nitrogens with zero attached hydrogens (tertiary/aromatic N) is 9. The van der Waals surface area contributed by atoms with Crippen LogP contribution in [0, 0.1) is 108 Å². The van der Waals surface area contributed by atoms with Crippen molar-refractivity contribution in [3.8, 4) is 54.6 Å². The highest BCUT2D eigenvalue weighted by Crippen LogP contribution is 2.66. The number of alkyl halides is 17. The number of hydrogen-bond donors (Lipinski definition) is 0. The van der Waals surface area contributed by atoms with E-state index in [-0.39, 0.29) is 32.0 Å². The summed E-state index contributed by atoms with van der Waals surface area (Å²) in [6.07, 6.45) is -31.5. The van der Waals surface area contributed by atoms with Crippen LogP contribution in [0.15, 0.2) is 29.3 Å². The molecule has 2 atom stereocenters. The minimum absolute atomic E-state index is 0.0784. The van der Waals surface area contributed by atoms with Gasteiger partial charge >= 0.3 is 30.9 Å². The molecule has 3 aromatic carbocycles. The summed E-state index contributed by atoms with van der Waals surface area (Å²) < 4.78 is 257. The molecular weight excluding hydrogens is 941 g/mol. The maximum atomic E-state index is 15.6. The molecule has 3 aromatic rings. The van der Waals surface area contributed by atoms with Crippen molar-refractivity contribution < 1.29 is 74.6 Å². The van der Waals surface area contributed by atoms with Gasteiger partial charge in [0.25, 0.3) is 5.92 Å². The van der Waals surface area contributed by atoms with Crippen LogP contribution >= 0.6 is 0 Å². The third-order valence-corrected chi connectivity index (χ3v) is 9.94. The molecule has 0 bridgehead atoms. The molecule has 1 fully saturated rings. The van der Waals surface area contributed by atoms with Crippen LogP contribution in [0.2, 0.25) is 0 Å². The highest BCUT2D eigenvalue weighted by molar-refractivity contribution is 6.01. The van der Waals surface area contributed by atoms with Crippen LogP contribution in [0.25, 0.3) is 11.1 Å². The number of rotatable bonds is 5. The summed E-state index contributed by atoms with van der Waals surface area (Å²) in [6, 6.07) is 6.44. The zero-order valence-corrected chi connectivity index (χ0v) is 32.3. The van der Waals surface area contributed by atoms with Crippen molar-refractivity contribution in [2.75, 3.05) is 0 Å². The summed E-state index contributed by atoms with van der Waals surface area (Å²) in [5.41, 5.74) is -48.3. The Hall–Kier alpha value is -8.64. The molecule has 1 aliphatic carbocycles. The van der Waals surface area contributed by atoms with E-state index >= 15 is 48.3 Å². The highest BCUT2D eigenvalue weighted by Gasteiger charge is 2.62. The Labute approximate surface area is 362 Å². The summed E-state index contributed by atoms with van der Waals surface area (Å²) >= 11 is 0. The lowest BCUT2D eigenvalue weighted by molar-refractivity contribution is -0.146. The molecule has 338 valence electrons. The molecule has 4 rings (SSSR count). The van der Waals surface area contributed by atoms with Gasteiger partial charge in [0, 0.05) is 35.1 Å². The lowest BCUT2D eigenvalue weighted by Gasteiger charge is -2.30. The Kier molecular flexibility index (Phi) is 12.5. The fraction of sp³-hybridized carbons (Fsp3) is 0.244. The van der Waals surface area contributed by atoms with Gasteiger partial charge in [0.15, 0.2) is 0 Å². The Bertz CT molecular complexity index is 2870. The molecule has 0 saturated heterocycles. The second kappa shape index (κ2) is 16.4. The average Bonchev–Trinajstić information content (AvgIpc) is 3.94. The molecule has 26 heteroatoms. The quantitative estimate of drug-likeness (QED) is 0.175. The molecule has 0 aliphatic heterocycles. The highest BCUT2D eigenvalue weighted by atomic mass is 19.4. The van der Waals surface area contributed by atoms with Gasteiger partial charge in [-0.1, -0.05) is 0 Å². The first kappa shape index (κ1) is 51.0. The number of hydrogen-bond acceptors (Lipinski definition) is 9. The van der Waals surface area contributed by atoms with Crippen LogP contribution in [0.3, 0.4) is 0 Å². The van der Waals surface area contributed by atoms with E-state index in [9.17, 15) is 73.7 Å². The zero-order valence-electron chi connectivity index (χ0n) is 32.3. The summed E-state index contributed by atoms with van der Waals surface area (Å²) in [6.45, 7) is -0.352. The van der Waals surface area contributed by atoms with Gasteiger partial charge < -0.3 is 0 Å². The van der Waals surface area contributed by atoms with Crippen molar-refractivity contribution in [2.45, 2.75) is 56.1 Å². The third-order valence-electron chi connectivity index (χ3n) is 9.94. The molecule has 0 aromatic heterocycles. The zero-order chi connectivity index (χ0) is 51.5. The maximum Gasteiger partial charge on any atom is 0.418 e. The predicted octanol–water partition coefficient (Wildman–Crippen LogP) is 11.5. The van der Waals surface area contributed by atoms with Gasteiger partial charge in [-0.05, 0) is 36.3 Å². The molecule has 1 saturated carbocycles. The van der Waals surface area contributed by atoms with E-state index in [1.54, 1.807) is 0 Å². The van der Waals surface area contributed by atoms with Gasteiger partial charge in [0.05, 0.1) is 120 Å². The topological polar surface area (TPSA) is 214 Å². The van der Waals surface area contributed by atoms with E-state index in [0.717, 1.165) is 48.6 Å². The molecular formula is C41H10F17N9. The van der Waals surface area contributed by atoms with Crippen molar-refractivity contribution in [1.82, 2.24) is 0 Å². The molecule has 9 nitrogen and oxygen atoms in total. The normalized spacial score (nSPS) is 16.5. The molecule has 0 radical (unpaired) electrons. The van der Waals surface area contributed by atoms with Crippen molar-refractivity contribution >= 4 is 11.1 Å². The molecule has 1 aliphatic rings. The summed E-state index contributed by atoms with van der Waals surface area (Å²) in [5.74, 6) is -8.31. The fourth-order valence-electron chi connectivity index (χ4n) is 7.65. The van der Waals surface area contributed by atoms with Crippen LogP contribution in [0.5, 0.6) is 0 Å². The van der Waals surface area contributed by atoms with E-state index in [1.807, 2.05) is 0 Å². The molecule has 67 heavy (non-hydrogen) atoms. The Morgan fingerprint density at radius 2 is 0.612 bits per heavy atom. The third kappa shape index (κ3) is 8.44. The lowest BCUT2D eigenvalue weighted by atomic mass is 9.71. The first-order chi connectivity index (χ1) is 30.6. The largest absolute Gasteiger partial charge is 0.418 e. The van der Waals surface area contributed by atoms with Crippen LogP contribution in [-0.2, 0) is 42.2 Å². The van der Waals surface area contributed by atoms with Crippen LogP contribution < -0.4 is 0 Å².